The summed E-state index contributed by atoms with van der Waals surface area (Å²) in [7, 11) is 0. The van der Waals surface area contributed by atoms with Crippen molar-refractivity contribution in [3.05, 3.63) is 58.0 Å². The van der Waals surface area contributed by atoms with Crippen molar-refractivity contribution in [2.24, 2.45) is 0 Å². The molecule has 2 N–H and O–H groups in total. The monoisotopic (exact) mass is 472 g/mol. The molecule has 1 heterocycles. The van der Waals surface area contributed by atoms with E-state index in [1.807, 2.05) is 6.26 Å². The zero-order valence-corrected chi connectivity index (χ0v) is 18.8. The largest absolute Gasteiger partial charge is 0.467 e. The highest BCUT2D eigenvalue weighted by Gasteiger charge is 2.27. The van der Waals surface area contributed by atoms with Crippen molar-refractivity contribution in [3.8, 4) is 0 Å². The minimum absolute atomic E-state index is 0.169. The Balaban J connectivity index is 1.97. The van der Waals surface area contributed by atoms with Gasteiger partial charge in [0.25, 0.3) is 11.8 Å². The zero-order valence-electron chi connectivity index (χ0n) is 16.4. The van der Waals surface area contributed by atoms with Crippen LogP contribution < -0.4 is 10.6 Å². The van der Waals surface area contributed by atoms with E-state index < -0.39 is 29.9 Å². The van der Waals surface area contributed by atoms with Crippen LogP contribution in [-0.2, 0) is 20.9 Å². The van der Waals surface area contributed by atoms with E-state index in [0.29, 0.717) is 23.0 Å². The van der Waals surface area contributed by atoms with Gasteiger partial charge < -0.3 is 19.8 Å². The van der Waals surface area contributed by atoms with Gasteiger partial charge in [-0.15, -0.1) is 0 Å². The van der Waals surface area contributed by atoms with Gasteiger partial charge in [-0.25, -0.2) is 4.79 Å². The lowest BCUT2D eigenvalue weighted by atomic mass is 10.1. The SMILES string of the molecule is CSCC[C@@H](NC(=O)c1ccc(Cl)cc1Cl)C(=O)O[C@H](C)C(=O)NCc1ccco1. The maximum Gasteiger partial charge on any atom is 0.329 e. The van der Waals surface area contributed by atoms with Crippen molar-refractivity contribution < 1.29 is 23.5 Å². The second-order valence-corrected chi connectivity index (χ2v) is 8.14. The number of amides is 2. The summed E-state index contributed by atoms with van der Waals surface area (Å²) in [6.07, 6.45) is 2.67. The molecule has 0 unspecified atom stereocenters. The number of carbonyl (C=O) groups is 3. The van der Waals surface area contributed by atoms with Gasteiger partial charge in [-0.3, -0.25) is 9.59 Å². The molecule has 7 nitrogen and oxygen atoms in total. The van der Waals surface area contributed by atoms with Crippen molar-refractivity contribution >= 4 is 52.7 Å². The standard InChI is InChI=1S/C20H22Cl2N2O5S/c1-12(18(25)23-11-14-4-3-8-28-14)29-20(27)17(7-9-30-2)24-19(26)15-6-5-13(21)10-16(15)22/h3-6,8,10,12,17H,7,9,11H2,1-2H3,(H,23,25)(H,24,26)/t12-,17-/m1/s1. The molecule has 0 saturated carbocycles. The van der Waals surface area contributed by atoms with Crippen LogP contribution in [0.2, 0.25) is 10.0 Å². The van der Waals surface area contributed by atoms with E-state index >= 15 is 0 Å². The number of furan rings is 1. The molecule has 2 amide bonds. The molecule has 162 valence electrons. The van der Waals surface area contributed by atoms with Gasteiger partial charge in [0.2, 0.25) is 0 Å². The van der Waals surface area contributed by atoms with E-state index in [1.165, 1.54) is 43.1 Å². The van der Waals surface area contributed by atoms with E-state index in [-0.39, 0.29) is 17.1 Å². The number of thioether (sulfide) groups is 1. The highest BCUT2D eigenvalue weighted by molar-refractivity contribution is 7.98. The van der Waals surface area contributed by atoms with E-state index in [4.69, 9.17) is 32.4 Å². The fraction of sp³-hybridized carbons (Fsp3) is 0.350. The number of rotatable bonds is 10. The molecular weight excluding hydrogens is 451 g/mol. The van der Waals surface area contributed by atoms with Gasteiger partial charge in [0.05, 0.1) is 23.4 Å². The lowest BCUT2D eigenvalue weighted by molar-refractivity contribution is -0.156. The Kier molecular flexibility index (Phi) is 9.55. The molecule has 10 heteroatoms. The molecule has 0 fully saturated rings. The second kappa shape index (κ2) is 11.9. The predicted octanol–water partition coefficient (Wildman–Crippen LogP) is 3.69. The summed E-state index contributed by atoms with van der Waals surface area (Å²) in [6, 6.07) is 6.93. The zero-order chi connectivity index (χ0) is 22.1. The Hall–Kier alpha value is -2.16. The molecule has 0 aliphatic heterocycles. The molecular formula is C20H22Cl2N2O5S. The summed E-state index contributed by atoms with van der Waals surface area (Å²) in [5.74, 6) is -0.534. The van der Waals surface area contributed by atoms with Crippen LogP contribution in [0.4, 0.5) is 0 Å². The first-order valence-electron chi connectivity index (χ1n) is 9.07. The summed E-state index contributed by atoms with van der Waals surface area (Å²) in [6.45, 7) is 1.63. The summed E-state index contributed by atoms with van der Waals surface area (Å²) >= 11 is 13.4. The van der Waals surface area contributed by atoms with Crippen molar-refractivity contribution in [2.45, 2.75) is 32.0 Å². The first-order chi connectivity index (χ1) is 14.3. The number of carbonyl (C=O) groups excluding carboxylic acids is 3. The van der Waals surface area contributed by atoms with Crippen LogP contribution >= 0.6 is 35.0 Å². The highest BCUT2D eigenvalue weighted by Crippen LogP contribution is 2.21. The van der Waals surface area contributed by atoms with Crippen LogP contribution in [0.3, 0.4) is 0 Å². The number of benzene rings is 1. The normalized spacial score (nSPS) is 12.7. The number of hydrogen-bond donors (Lipinski definition) is 2. The minimum Gasteiger partial charge on any atom is -0.467 e. The van der Waals surface area contributed by atoms with E-state index in [0.717, 1.165) is 0 Å². The van der Waals surface area contributed by atoms with Crippen LogP contribution in [0.15, 0.2) is 41.0 Å². The van der Waals surface area contributed by atoms with Crippen LogP contribution in [-0.4, -0.2) is 41.9 Å². The molecule has 2 rings (SSSR count). The van der Waals surface area contributed by atoms with Crippen molar-refractivity contribution in [1.82, 2.24) is 10.6 Å². The lowest BCUT2D eigenvalue weighted by Gasteiger charge is -2.20. The fourth-order valence-electron chi connectivity index (χ4n) is 2.44. The molecule has 2 aromatic rings. The Morgan fingerprint density at radius 2 is 2.00 bits per heavy atom. The molecule has 0 aliphatic rings. The number of esters is 1. The molecule has 0 aliphatic carbocycles. The summed E-state index contributed by atoms with van der Waals surface area (Å²) in [5, 5.41) is 5.81. The fourth-order valence-corrected chi connectivity index (χ4v) is 3.40. The topological polar surface area (TPSA) is 97.6 Å². The minimum atomic E-state index is -1.04. The van der Waals surface area contributed by atoms with Gasteiger partial charge in [0.15, 0.2) is 6.10 Å². The first kappa shape index (κ1) is 24.1. The molecule has 0 spiro atoms. The lowest BCUT2D eigenvalue weighted by Crippen LogP contribution is -2.45. The summed E-state index contributed by atoms with van der Waals surface area (Å²) in [5.41, 5.74) is 0.187. The van der Waals surface area contributed by atoms with Gasteiger partial charge >= 0.3 is 5.97 Å². The van der Waals surface area contributed by atoms with Crippen molar-refractivity contribution in [2.75, 3.05) is 12.0 Å². The van der Waals surface area contributed by atoms with Crippen LogP contribution in [0.25, 0.3) is 0 Å². The first-order valence-corrected chi connectivity index (χ1v) is 11.2. The maximum atomic E-state index is 12.6. The van der Waals surface area contributed by atoms with Crippen LogP contribution in [0, 0.1) is 0 Å². The third kappa shape index (κ3) is 7.27. The van der Waals surface area contributed by atoms with Gasteiger partial charge in [-0.2, -0.15) is 11.8 Å². The number of ether oxygens (including phenoxy) is 1. The number of nitrogens with one attached hydrogen (secondary N) is 2. The van der Waals surface area contributed by atoms with Gasteiger partial charge in [0.1, 0.15) is 11.8 Å². The number of hydrogen-bond acceptors (Lipinski definition) is 6. The average Bonchev–Trinajstić information content (AvgIpc) is 3.22. The van der Waals surface area contributed by atoms with Crippen molar-refractivity contribution in [1.29, 1.82) is 0 Å². The third-order valence-corrected chi connectivity index (χ3v) is 5.25. The van der Waals surface area contributed by atoms with Crippen LogP contribution in [0.5, 0.6) is 0 Å². The van der Waals surface area contributed by atoms with Gasteiger partial charge in [-0.05, 0) is 55.7 Å². The molecule has 1 aromatic carbocycles. The summed E-state index contributed by atoms with van der Waals surface area (Å²) < 4.78 is 10.4. The van der Waals surface area contributed by atoms with Gasteiger partial charge in [0, 0.05) is 5.02 Å². The summed E-state index contributed by atoms with van der Waals surface area (Å²) in [4.78, 5) is 37.3. The molecule has 2 atom stereocenters. The molecule has 0 bridgehead atoms. The second-order valence-electron chi connectivity index (χ2n) is 6.31. The van der Waals surface area contributed by atoms with E-state index in [9.17, 15) is 14.4 Å². The predicted molar refractivity (Wildman–Crippen MR) is 117 cm³/mol. The molecule has 1 aromatic heterocycles. The van der Waals surface area contributed by atoms with E-state index in [1.54, 1.807) is 12.1 Å². The highest BCUT2D eigenvalue weighted by atomic mass is 35.5. The van der Waals surface area contributed by atoms with Crippen LogP contribution in [0.1, 0.15) is 29.5 Å². The Morgan fingerprint density at radius 1 is 1.23 bits per heavy atom. The molecule has 0 saturated heterocycles. The van der Waals surface area contributed by atoms with Crippen molar-refractivity contribution in [3.63, 3.8) is 0 Å². The maximum absolute atomic E-state index is 12.6. The average molecular weight is 473 g/mol. The smallest absolute Gasteiger partial charge is 0.329 e. The molecule has 0 radical (unpaired) electrons. The molecule has 30 heavy (non-hydrogen) atoms. The Labute approximate surface area is 188 Å². The Morgan fingerprint density at radius 3 is 2.63 bits per heavy atom. The number of halogens is 2. The quantitative estimate of drug-likeness (QED) is 0.511. The Bertz CT molecular complexity index is 876. The van der Waals surface area contributed by atoms with E-state index in [2.05, 4.69) is 10.6 Å². The third-order valence-electron chi connectivity index (χ3n) is 4.06. The van der Waals surface area contributed by atoms with Gasteiger partial charge in [-0.1, -0.05) is 23.2 Å².